The van der Waals surface area contributed by atoms with Crippen LogP contribution in [0.1, 0.15) is 5.56 Å². The molecule has 184 valence electrons. The molecule has 4 rings (SSSR count). The Morgan fingerprint density at radius 2 is 1.89 bits per heavy atom. The van der Waals surface area contributed by atoms with Crippen LogP contribution in [-0.2, 0) is 0 Å². The third-order valence-corrected chi connectivity index (χ3v) is 5.23. The van der Waals surface area contributed by atoms with Crippen molar-refractivity contribution in [2.24, 2.45) is 10.7 Å². The number of nitrogens with zero attached hydrogens (tertiary/aromatic N) is 4. The number of ether oxygens (including phenoxy) is 1. The lowest BCUT2D eigenvalue weighted by atomic mass is 10.0. The molecule has 0 atom stereocenters. The van der Waals surface area contributed by atoms with E-state index in [1.165, 1.54) is 24.1 Å². The second-order valence-corrected chi connectivity index (χ2v) is 7.56. The summed E-state index contributed by atoms with van der Waals surface area (Å²) in [5, 5.41) is 9.65. The summed E-state index contributed by atoms with van der Waals surface area (Å²) in [6.45, 7) is -1.32. The number of alkyl halides is 3. The summed E-state index contributed by atoms with van der Waals surface area (Å²) in [6.07, 6.45) is -0.771. The number of aromatic nitrogens is 3. The SMILES string of the molecule is COc1ccc(-n2cc3cnc(NCC(F)(F)F)nc3c(-c3ccc(C(N)=NC=N)cc3)c2=O)cc1. The van der Waals surface area contributed by atoms with Crippen molar-refractivity contribution in [1.82, 2.24) is 14.5 Å². The van der Waals surface area contributed by atoms with Crippen LogP contribution >= 0.6 is 0 Å². The lowest BCUT2D eigenvalue weighted by molar-refractivity contribution is -0.115. The Morgan fingerprint density at radius 3 is 2.50 bits per heavy atom. The van der Waals surface area contributed by atoms with Gasteiger partial charge in [-0.25, -0.2) is 15.0 Å². The first-order valence-corrected chi connectivity index (χ1v) is 10.5. The van der Waals surface area contributed by atoms with Crippen LogP contribution < -0.4 is 21.3 Å². The number of fused-ring (bicyclic) bond motifs is 1. The molecule has 4 aromatic rings. The summed E-state index contributed by atoms with van der Waals surface area (Å²) in [4.78, 5) is 25.6. The largest absolute Gasteiger partial charge is 0.497 e. The number of amidine groups is 1. The Labute approximate surface area is 202 Å². The van der Waals surface area contributed by atoms with Crippen LogP contribution in [0.4, 0.5) is 19.1 Å². The first-order chi connectivity index (χ1) is 17.2. The molecular formula is C24H20F3N7O2. The summed E-state index contributed by atoms with van der Waals surface area (Å²) in [6, 6.07) is 13.3. The zero-order chi connectivity index (χ0) is 25.9. The summed E-state index contributed by atoms with van der Waals surface area (Å²) < 4.78 is 44.7. The van der Waals surface area contributed by atoms with Gasteiger partial charge in [0.15, 0.2) is 0 Å². The van der Waals surface area contributed by atoms with Crippen molar-refractivity contribution in [3.8, 4) is 22.6 Å². The van der Waals surface area contributed by atoms with Crippen molar-refractivity contribution in [3.05, 3.63) is 76.8 Å². The highest BCUT2D eigenvalue weighted by Gasteiger charge is 2.27. The molecular weight excluding hydrogens is 475 g/mol. The molecule has 0 aliphatic rings. The van der Waals surface area contributed by atoms with E-state index in [1.54, 1.807) is 48.5 Å². The molecule has 2 aromatic carbocycles. The highest BCUT2D eigenvalue weighted by atomic mass is 19.4. The zero-order valence-corrected chi connectivity index (χ0v) is 18.9. The van der Waals surface area contributed by atoms with Crippen LogP contribution in [0, 0.1) is 5.41 Å². The maximum atomic E-state index is 13.7. The molecule has 4 N–H and O–H groups in total. The molecule has 0 saturated heterocycles. The number of anilines is 1. The molecule has 2 heterocycles. The normalized spacial score (nSPS) is 11.9. The average molecular weight is 495 g/mol. The monoisotopic (exact) mass is 495 g/mol. The maximum Gasteiger partial charge on any atom is 0.405 e. The lowest BCUT2D eigenvalue weighted by Crippen LogP contribution is -2.23. The summed E-state index contributed by atoms with van der Waals surface area (Å²) in [5.41, 5.74) is 7.26. The van der Waals surface area contributed by atoms with Gasteiger partial charge in [0.1, 0.15) is 24.5 Å². The highest BCUT2D eigenvalue weighted by Crippen LogP contribution is 2.27. The first-order valence-electron chi connectivity index (χ1n) is 10.5. The smallest absolute Gasteiger partial charge is 0.405 e. The van der Waals surface area contributed by atoms with Crippen molar-refractivity contribution in [3.63, 3.8) is 0 Å². The second-order valence-electron chi connectivity index (χ2n) is 7.56. The van der Waals surface area contributed by atoms with Crippen LogP contribution in [0.5, 0.6) is 5.75 Å². The number of aliphatic imine (C=N–C) groups is 1. The van der Waals surface area contributed by atoms with Gasteiger partial charge in [0.05, 0.1) is 18.2 Å². The van der Waals surface area contributed by atoms with E-state index in [1.807, 2.05) is 0 Å². The van der Waals surface area contributed by atoms with Gasteiger partial charge in [0.2, 0.25) is 5.95 Å². The molecule has 0 unspecified atom stereocenters. The summed E-state index contributed by atoms with van der Waals surface area (Å²) in [5.74, 6) is 0.462. The van der Waals surface area contributed by atoms with E-state index in [0.29, 0.717) is 28.0 Å². The fourth-order valence-electron chi connectivity index (χ4n) is 3.52. The molecule has 0 aliphatic carbocycles. The minimum Gasteiger partial charge on any atom is -0.497 e. The maximum absolute atomic E-state index is 13.7. The fraction of sp³-hybridized carbons (Fsp3) is 0.125. The van der Waals surface area contributed by atoms with Crippen molar-refractivity contribution < 1.29 is 17.9 Å². The number of nitrogens with two attached hydrogens (primary N) is 1. The van der Waals surface area contributed by atoms with Gasteiger partial charge in [-0.3, -0.25) is 14.8 Å². The zero-order valence-electron chi connectivity index (χ0n) is 18.9. The van der Waals surface area contributed by atoms with Crippen LogP contribution in [0.25, 0.3) is 27.7 Å². The number of hydrogen-bond donors (Lipinski definition) is 3. The topological polar surface area (TPSA) is 131 Å². The molecule has 36 heavy (non-hydrogen) atoms. The van der Waals surface area contributed by atoms with Gasteiger partial charge in [0.25, 0.3) is 5.56 Å². The molecule has 0 bridgehead atoms. The van der Waals surface area contributed by atoms with Crippen LogP contribution in [0.3, 0.4) is 0 Å². The summed E-state index contributed by atoms with van der Waals surface area (Å²) >= 11 is 0. The molecule has 9 nitrogen and oxygen atoms in total. The van der Waals surface area contributed by atoms with E-state index < -0.39 is 18.3 Å². The Bertz CT molecular complexity index is 1500. The highest BCUT2D eigenvalue weighted by molar-refractivity contribution is 6.01. The van der Waals surface area contributed by atoms with Crippen LogP contribution in [0.2, 0.25) is 0 Å². The van der Waals surface area contributed by atoms with Gasteiger partial charge in [-0.2, -0.15) is 13.2 Å². The number of methoxy groups -OCH3 is 1. The van der Waals surface area contributed by atoms with Crippen molar-refractivity contribution in [2.75, 3.05) is 19.0 Å². The number of rotatable bonds is 7. The molecule has 0 saturated carbocycles. The van der Waals surface area contributed by atoms with Crippen molar-refractivity contribution >= 4 is 29.0 Å². The fourth-order valence-corrected chi connectivity index (χ4v) is 3.52. The molecule has 0 aliphatic heterocycles. The van der Waals surface area contributed by atoms with E-state index in [-0.39, 0.29) is 22.9 Å². The third kappa shape index (κ3) is 5.17. The van der Waals surface area contributed by atoms with Crippen molar-refractivity contribution in [2.45, 2.75) is 6.18 Å². The van der Waals surface area contributed by atoms with Gasteiger partial charge < -0.3 is 15.8 Å². The predicted molar refractivity (Wildman–Crippen MR) is 131 cm³/mol. The third-order valence-electron chi connectivity index (χ3n) is 5.23. The number of halogens is 3. The van der Waals surface area contributed by atoms with Crippen LogP contribution in [-0.4, -0.2) is 46.5 Å². The molecule has 12 heteroatoms. The van der Waals surface area contributed by atoms with Gasteiger partial charge >= 0.3 is 6.18 Å². The lowest BCUT2D eigenvalue weighted by Gasteiger charge is -2.14. The van der Waals surface area contributed by atoms with E-state index in [9.17, 15) is 18.0 Å². The predicted octanol–water partition coefficient (Wildman–Crippen LogP) is 3.74. The Hall–Kier alpha value is -4.74. The van der Waals surface area contributed by atoms with E-state index >= 15 is 0 Å². The molecule has 2 aromatic heterocycles. The van der Waals surface area contributed by atoms with E-state index in [4.69, 9.17) is 15.9 Å². The molecule has 0 amide bonds. The number of hydrogen-bond acceptors (Lipinski definition) is 6. The Kier molecular flexibility index (Phi) is 6.68. The summed E-state index contributed by atoms with van der Waals surface area (Å²) in [7, 11) is 1.53. The van der Waals surface area contributed by atoms with Gasteiger partial charge in [0, 0.05) is 29.0 Å². The van der Waals surface area contributed by atoms with Gasteiger partial charge in [-0.05, 0) is 29.8 Å². The minimum absolute atomic E-state index is 0.117. The van der Waals surface area contributed by atoms with E-state index in [2.05, 4.69) is 20.3 Å². The molecule has 0 spiro atoms. The quantitative estimate of drug-likeness (QED) is 0.264. The molecule has 0 fully saturated rings. The number of benzene rings is 2. The number of pyridine rings is 1. The van der Waals surface area contributed by atoms with Crippen LogP contribution in [0.15, 0.2) is 70.7 Å². The molecule has 0 radical (unpaired) electrons. The average Bonchev–Trinajstić information content (AvgIpc) is 2.87. The minimum atomic E-state index is -4.47. The Balaban J connectivity index is 1.91. The Morgan fingerprint density at radius 1 is 1.19 bits per heavy atom. The second kappa shape index (κ2) is 9.86. The van der Waals surface area contributed by atoms with E-state index in [0.717, 1.165) is 6.34 Å². The van der Waals surface area contributed by atoms with Gasteiger partial charge in [-0.1, -0.05) is 24.3 Å². The number of nitrogens with one attached hydrogen (secondary N) is 2. The standard InChI is InChI=1S/C24H20F3N7O2/c1-36-18-8-6-17(7-9-18)34-11-16-10-30-23(31-12-24(25,26)27)33-20(16)19(22(34)35)14-2-4-15(5-3-14)21(29)32-13-28/h2-11,13H,12H2,1H3,(H,31,33)(H3,28,29,32). The van der Waals surface area contributed by atoms with Crippen molar-refractivity contribution in [1.29, 1.82) is 5.41 Å². The first kappa shape index (κ1) is 24.4. The van der Waals surface area contributed by atoms with Gasteiger partial charge in [-0.15, -0.1) is 0 Å².